The quantitative estimate of drug-likeness (QED) is 0.481. The molecule has 0 bridgehead atoms. The Morgan fingerprint density at radius 2 is 2.07 bits per heavy atom. The number of rotatable bonds is 4. The second kappa shape index (κ2) is 9.62. The molecule has 3 aromatic rings. The lowest BCUT2D eigenvalue weighted by Crippen LogP contribution is -2.44. The normalized spacial score (nSPS) is 29.1. The SMILES string of the molecule is Nc1ccc2c(c1)C1(CCC2)Cc2nc(OC[C@@]34CCCN3C[C@H](F)C4)nc(N3CCCn4nncc4C3)c2CO1. The summed E-state index contributed by atoms with van der Waals surface area (Å²) in [6, 6.07) is 6.59. The molecule has 2 aromatic heterocycles. The molecule has 8 rings (SSSR count). The summed E-state index contributed by atoms with van der Waals surface area (Å²) in [5.74, 6) is 0.855. The fourth-order valence-electron chi connectivity index (χ4n) is 8.02. The monoisotopic (exact) mass is 560 g/mol. The van der Waals surface area contributed by atoms with E-state index in [1.807, 2.05) is 16.9 Å². The lowest BCUT2D eigenvalue weighted by Gasteiger charge is -2.43. The number of ether oxygens (including phenoxy) is 2. The fourth-order valence-corrected chi connectivity index (χ4v) is 8.02. The van der Waals surface area contributed by atoms with Gasteiger partial charge in [0.05, 0.1) is 41.9 Å². The predicted molar refractivity (Wildman–Crippen MR) is 150 cm³/mol. The average molecular weight is 561 g/mol. The highest BCUT2D eigenvalue weighted by Gasteiger charge is 2.50. The highest BCUT2D eigenvalue weighted by Crippen LogP contribution is 2.47. The molecule has 1 aromatic carbocycles. The fraction of sp³-hybridized carbons (Fsp3) is 0.600. The molecular weight excluding hydrogens is 523 g/mol. The molecule has 41 heavy (non-hydrogen) atoms. The molecule has 0 amide bonds. The highest BCUT2D eigenvalue weighted by atomic mass is 19.1. The van der Waals surface area contributed by atoms with Gasteiger partial charge in [0.15, 0.2) is 0 Å². The minimum atomic E-state index is -0.801. The molecule has 3 atom stereocenters. The first-order valence-corrected chi connectivity index (χ1v) is 15.1. The number of nitrogens with two attached hydrogens (primary N) is 1. The van der Waals surface area contributed by atoms with Crippen molar-refractivity contribution < 1.29 is 13.9 Å². The minimum absolute atomic E-state index is 0.260. The van der Waals surface area contributed by atoms with E-state index in [-0.39, 0.29) is 5.54 Å². The van der Waals surface area contributed by atoms with Gasteiger partial charge in [0.2, 0.25) is 0 Å². The zero-order valence-corrected chi connectivity index (χ0v) is 23.4. The van der Waals surface area contributed by atoms with E-state index in [2.05, 4.69) is 32.2 Å². The van der Waals surface area contributed by atoms with Gasteiger partial charge in [-0.1, -0.05) is 11.3 Å². The Balaban J connectivity index is 1.17. The topological polar surface area (TPSA) is 107 Å². The van der Waals surface area contributed by atoms with E-state index in [0.717, 1.165) is 86.6 Å². The van der Waals surface area contributed by atoms with Crippen molar-refractivity contribution in [3.63, 3.8) is 0 Å². The van der Waals surface area contributed by atoms with Gasteiger partial charge in [-0.05, 0) is 68.3 Å². The third kappa shape index (κ3) is 4.27. The number of benzene rings is 1. The van der Waals surface area contributed by atoms with E-state index < -0.39 is 11.8 Å². The summed E-state index contributed by atoms with van der Waals surface area (Å²) in [6.07, 6.45) is 8.14. The third-order valence-corrected chi connectivity index (χ3v) is 10.0. The molecule has 2 fully saturated rings. The molecule has 1 unspecified atom stereocenters. The molecule has 1 aliphatic carbocycles. The van der Waals surface area contributed by atoms with Crippen molar-refractivity contribution in [1.82, 2.24) is 29.9 Å². The summed E-state index contributed by atoms with van der Waals surface area (Å²) in [5.41, 5.74) is 11.8. The summed E-state index contributed by atoms with van der Waals surface area (Å²) in [7, 11) is 0. The van der Waals surface area contributed by atoms with Gasteiger partial charge in [-0.3, -0.25) is 4.90 Å². The van der Waals surface area contributed by atoms with Crippen molar-refractivity contribution in [2.24, 2.45) is 0 Å². The first kappa shape index (κ1) is 25.4. The zero-order chi connectivity index (χ0) is 27.6. The van der Waals surface area contributed by atoms with Gasteiger partial charge in [0.1, 0.15) is 18.6 Å². The van der Waals surface area contributed by atoms with Crippen LogP contribution in [0.4, 0.5) is 15.9 Å². The standard InChI is InChI=1S/C30H37FN8O2/c31-21-13-29(7-2-10-38(29)16-21)19-40-28-34-26-14-30(8-1-4-20-5-6-22(32)12-25(20)30)41-18-24(26)27(35-28)37-9-3-11-39-23(17-37)15-33-36-39/h5-6,12,15,21H,1-4,7-11,13-14,16-19,32H2/t21-,29+,30?/m1/s1. The van der Waals surface area contributed by atoms with Crippen LogP contribution in [0.25, 0.3) is 0 Å². The molecule has 10 nitrogen and oxygen atoms in total. The molecule has 216 valence electrons. The molecular formula is C30H37FN8O2. The number of halogens is 1. The number of nitrogens with zero attached hydrogens (tertiary/aromatic N) is 7. The van der Waals surface area contributed by atoms with Crippen molar-refractivity contribution in [3.05, 3.63) is 52.5 Å². The van der Waals surface area contributed by atoms with Crippen LogP contribution in [-0.4, -0.2) is 67.8 Å². The van der Waals surface area contributed by atoms with E-state index in [1.54, 1.807) is 0 Å². The predicted octanol–water partition coefficient (Wildman–Crippen LogP) is 3.32. The van der Waals surface area contributed by atoms with Gasteiger partial charge >= 0.3 is 6.01 Å². The Bertz CT molecular complexity index is 1480. The summed E-state index contributed by atoms with van der Waals surface area (Å²) in [6.45, 7) is 4.57. The van der Waals surface area contributed by atoms with Gasteiger partial charge in [-0.25, -0.2) is 9.07 Å². The Labute approximate surface area is 239 Å². The van der Waals surface area contributed by atoms with Gasteiger partial charge in [-0.2, -0.15) is 9.97 Å². The van der Waals surface area contributed by atoms with Gasteiger partial charge in [-0.15, -0.1) is 5.10 Å². The smallest absolute Gasteiger partial charge is 0.318 e. The summed E-state index contributed by atoms with van der Waals surface area (Å²) in [5, 5.41) is 8.39. The number of anilines is 2. The molecule has 6 heterocycles. The van der Waals surface area contributed by atoms with Crippen LogP contribution in [0.1, 0.15) is 66.6 Å². The van der Waals surface area contributed by atoms with Crippen molar-refractivity contribution in [2.45, 2.75) is 88.4 Å². The van der Waals surface area contributed by atoms with Crippen LogP contribution < -0.4 is 15.4 Å². The van der Waals surface area contributed by atoms with Gasteiger partial charge in [0, 0.05) is 43.7 Å². The Morgan fingerprint density at radius 1 is 1.12 bits per heavy atom. The number of alkyl halides is 1. The molecule has 4 aliphatic heterocycles. The number of nitrogen functional groups attached to an aromatic ring is 1. The lowest BCUT2D eigenvalue weighted by molar-refractivity contribution is -0.0855. The van der Waals surface area contributed by atoms with Crippen LogP contribution in [0.5, 0.6) is 6.01 Å². The van der Waals surface area contributed by atoms with Crippen LogP contribution in [0.15, 0.2) is 24.4 Å². The van der Waals surface area contributed by atoms with Crippen LogP contribution in [-0.2, 0) is 42.9 Å². The molecule has 11 heteroatoms. The average Bonchev–Trinajstić information content (AvgIpc) is 3.61. The number of fused-ring (bicyclic) bond motifs is 5. The summed E-state index contributed by atoms with van der Waals surface area (Å²) < 4.78 is 29.7. The Hall–Kier alpha value is -3.31. The van der Waals surface area contributed by atoms with Gasteiger partial charge in [0.25, 0.3) is 0 Å². The van der Waals surface area contributed by atoms with Crippen LogP contribution in [0, 0.1) is 0 Å². The largest absolute Gasteiger partial charge is 0.461 e. The van der Waals surface area contributed by atoms with E-state index in [9.17, 15) is 4.39 Å². The summed E-state index contributed by atoms with van der Waals surface area (Å²) in [4.78, 5) is 14.6. The third-order valence-electron chi connectivity index (χ3n) is 10.0. The molecule has 2 saturated heterocycles. The number of aromatic nitrogens is 5. The van der Waals surface area contributed by atoms with Gasteiger partial charge < -0.3 is 20.1 Å². The van der Waals surface area contributed by atoms with Crippen LogP contribution in [0.2, 0.25) is 0 Å². The maximum absolute atomic E-state index is 14.5. The lowest BCUT2D eigenvalue weighted by atomic mass is 9.74. The maximum Gasteiger partial charge on any atom is 0.318 e. The van der Waals surface area contributed by atoms with E-state index in [4.69, 9.17) is 25.2 Å². The molecule has 5 aliphatic rings. The first-order chi connectivity index (χ1) is 20.0. The van der Waals surface area contributed by atoms with E-state index in [0.29, 0.717) is 45.2 Å². The van der Waals surface area contributed by atoms with E-state index >= 15 is 0 Å². The summed E-state index contributed by atoms with van der Waals surface area (Å²) >= 11 is 0. The minimum Gasteiger partial charge on any atom is -0.461 e. The second-order valence-electron chi connectivity index (χ2n) is 12.6. The number of aryl methyl sites for hydroxylation is 2. The van der Waals surface area contributed by atoms with Crippen molar-refractivity contribution >= 4 is 11.5 Å². The maximum atomic E-state index is 14.5. The second-order valence-corrected chi connectivity index (χ2v) is 12.6. The van der Waals surface area contributed by atoms with Crippen LogP contribution in [0.3, 0.4) is 0 Å². The van der Waals surface area contributed by atoms with Crippen molar-refractivity contribution in [1.29, 1.82) is 0 Å². The first-order valence-electron chi connectivity index (χ1n) is 15.1. The molecule has 2 N–H and O–H groups in total. The Kier molecular flexibility index (Phi) is 5.96. The van der Waals surface area contributed by atoms with Crippen molar-refractivity contribution in [3.8, 4) is 6.01 Å². The molecule has 1 spiro atoms. The highest BCUT2D eigenvalue weighted by molar-refractivity contribution is 5.54. The molecule has 0 radical (unpaired) electrons. The molecule has 0 saturated carbocycles. The van der Waals surface area contributed by atoms with Crippen molar-refractivity contribution in [2.75, 3.05) is 36.9 Å². The number of hydrogen-bond donors (Lipinski definition) is 1. The Morgan fingerprint density at radius 3 is 3.02 bits per heavy atom. The zero-order valence-electron chi connectivity index (χ0n) is 23.4. The number of hydrogen-bond acceptors (Lipinski definition) is 9. The van der Waals surface area contributed by atoms with E-state index in [1.165, 1.54) is 11.1 Å². The van der Waals surface area contributed by atoms with Crippen LogP contribution >= 0.6 is 0 Å².